The summed E-state index contributed by atoms with van der Waals surface area (Å²) in [6.07, 6.45) is 2.85. The maximum atomic E-state index is 12.7. The number of amides is 1. The molecule has 0 saturated carbocycles. The Morgan fingerprint density at radius 3 is 2.24 bits per heavy atom. The van der Waals surface area contributed by atoms with E-state index in [4.69, 9.17) is 9.47 Å². The second kappa shape index (κ2) is 11.5. The topological polar surface area (TPSA) is 84.9 Å². The lowest BCUT2D eigenvalue weighted by Crippen LogP contribution is -2.39. The highest BCUT2D eigenvalue weighted by atomic mass is 32.2. The number of piperidine rings is 1. The number of nitrogens with one attached hydrogen (secondary N) is 1. The summed E-state index contributed by atoms with van der Waals surface area (Å²) in [6, 6.07) is 12.3. The Morgan fingerprint density at radius 1 is 1.00 bits per heavy atom. The molecule has 1 heterocycles. The van der Waals surface area contributed by atoms with Crippen molar-refractivity contribution < 1.29 is 22.7 Å². The minimum absolute atomic E-state index is 0.191. The van der Waals surface area contributed by atoms with Crippen LogP contribution in [0.1, 0.15) is 43.7 Å². The molecule has 0 aromatic heterocycles. The van der Waals surface area contributed by atoms with E-state index in [2.05, 4.69) is 11.4 Å². The summed E-state index contributed by atoms with van der Waals surface area (Å²) >= 11 is 0. The zero-order chi connectivity index (χ0) is 23.8. The molecule has 0 spiro atoms. The quantitative estimate of drug-likeness (QED) is 0.529. The summed E-state index contributed by atoms with van der Waals surface area (Å²) < 4.78 is 38.5. The Balaban J connectivity index is 1.46. The summed E-state index contributed by atoms with van der Waals surface area (Å²) in [5.74, 6) is 1.05. The van der Waals surface area contributed by atoms with Crippen LogP contribution in [0.25, 0.3) is 0 Å². The number of hydrogen-bond donors (Lipinski definition) is 1. The van der Waals surface area contributed by atoms with Crippen molar-refractivity contribution in [3.8, 4) is 11.5 Å². The predicted octanol–water partition coefficient (Wildman–Crippen LogP) is 3.83. The number of carbonyl (C=O) groups is 1. The van der Waals surface area contributed by atoms with Crippen LogP contribution >= 0.6 is 0 Å². The van der Waals surface area contributed by atoms with Gasteiger partial charge in [0.05, 0.1) is 11.4 Å². The maximum absolute atomic E-state index is 12.7. The number of nitrogens with zero attached hydrogens (tertiary/aromatic N) is 1. The van der Waals surface area contributed by atoms with Gasteiger partial charge in [0.1, 0.15) is 18.1 Å². The summed E-state index contributed by atoms with van der Waals surface area (Å²) in [5, 5.41) is 2.84. The molecule has 8 heteroatoms. The highest BCUT2D eigenvalue weighted by Gasteiger charge is 2.25. The number of benzene rings is 2. The fourth-order valence-electron chi connectivity index (χ4n) is 3.91. The van der Waals surface area contributed by atoms with Gasteiger partial charge in [-0.05, 0) is 80.6 Å². The third-order valence-corrected chi connectivity index (χ3v) is 7.50. The van der Waals surface area contributed by atoms with Gasteiger partial charge in [0.25, 0.3) is 5.91 Å². The molecule has 1 aliphatic rings. The van der Waals surface area contributed by atoms with Crippen LogP contribution in [0.5, 0.6) is 11.5 Å². The molecule has 1 fully saturated rings. The molecule has 2 aromatic carbocycles. The van der Waals surface area contributed by atoms with Crippen LogP contribution < -0.4 is 14.8 Å². The van der Waals surface area contributed by atoms with E-state index < -0.39 is 16.1 Å². The van der Waals surface area contributed by atoms with E-state index >= 15 is 0 Å². The van der Waals surface area contributed by atoms with Crippen LogP contribution in [0.3, 0.4) is 0 Å². The fraction of sp³-hybridized carbons (Fsp3) is 0.480. The fourth-order valence-corrected chi connectivity index (χ4v) is 5.42. The average Bonchev–Trinajstić information content (AvgIpc) is 2.80. The van der Waals surface area contributed by atoms with E-state index in [9.17, 15) is 13.2 Å². The number of hydrogen-bond acceptors (Lipinski definition) is 5. The third kappa shape index (κ3) is 6.95. The van der Waals surface area contributed by atoms with Crippen molar-refractivity contribution >= 4 is 15.9 Å². The first-order chi connectivity index (χ1) is 15.8. The number of ether oxygens (including phenoxy) is 2. The molecular weight excluding hydrogens is 440 g/mol. The monoisotopic (exact) mass is 474 g/mol. The average molecular weight is 475 g/mol. The Hall–Kier alpha value is -2.58. The molecule has 1 aliphatic heterocycles. The van der Waals surface area contributed by atoms with Crippen LogP contribution in [0.2, 0.25) is 0 Å². The molecule has 33 heavy (non-hydrogen) atoms. The molecule has 1 atom stereocenters. The molecule has 180 valence electrons. The van der Waals surface area contributed by atoms with Crippen LogP contribution in [-0.2, 0) is 14.8 Å². The molecule has 2 aromatic rings. The lowest BCUT2D eigenvalue weighted by Gasteiger charge is -2.25. The summed E-state index contributed by atoms with van der Waals surface area (Å²) in [6.45, 7) is 7.63. The molecule has 0 unspecified atom stereocenters. The van der Waals surface area contributed by atoms with Crippen molar-refractivity contribution in [2.24, 2.45) is 0 Å². The number of aryl methyl sites for hydroxylation is 2. The number of rotatable bonds is 10. The molecule has 0 aliphatic carbocycles. The first-order valence-electron chi connectivity index (χ1n) is 11.6. The minimum atomic E-state index is -3.45. The summed E-state index contributed by atoms with van der Waals surface area (Å²) in [7, 11) is -3.45. The molecule has 1 N–H and O–H groups in total. The van der Waals surface area contributed by atoms with Crippen molar-refractivity contribution in [1.82, 2.24) is 9.62 Å². The zero-order valence-electron chi connectivity index (χ0n) is 19.7. The van der Waals surface area contributed by atoms with Gasteiger partial charge >= 0.3 is 0 Å². The molecule has 1 amide bonds. The highest BCUT2D eigenvalue weighted by Crippen LogP contribution is 2.23. The lowest BCUT2D eigenvalue weighted by atomic mass is 10.1. The maximum Gasteiger partial charge on any atom is 0.261 e. The van der Waals surface area contributed by atoms with E-state index in [1.54, 1.807) is 28.6 Å². The van der Waals surface area contributed by atoms with E-state index in [0.29, 0.717) is 37.6 Å². The van der Waals surface area contributed by atoms with Crippen LogP contribution in [-0.4, -0.2) is 51.0 Å². The summed E-state index contributed by atoms with van der Waals surface area (Å²) in [5.41, 5.74) is 2.17. The molecular formula is C25H34N2O5S. The van der Waals surface area contributed by atoms with Gasteiger partial charge in [-0.3, -0.25) is 4.79 Å². The Morgan fingerprint density at radius 2 is 1.64 bits per heavy atom. The van der Waals surface area contributed by atoms with Crippen LogP contribution in [0, 0.1) is 13.8 Å². The first-order valence-corrected chi connectivity index (χ1v) is 13.0. The van der Waals surface area contributed by atoms with Crippen LogP contribution in [0.15, 0.2) is 47.4 Å². The van der Waals surface area contributed by atoms with Crippen molar-refractivity contribution in [2.45, 2.75) is 57.5 Å². The van der Waals surface area contributed by atoms with Crippen LogP contribution in [0.4, 0.5) is 0 Å². The molecule has 1 saturated heterocycles. The standard InChI is InChI=1S/C25H34N2O5S/c1-4-24(32-22-17-19(2)16-20(3)18-22)25(28)26-12-15-31-21-8-10-23(11-9-21)33(29,30)27-13-6-5-7-14-27/h8-11,16-18,24H,4-7,12-15H2,1-3H3,(H,26,28)/t24-/m0/s1. The van der Waals surface area contributed by atoms with E-state index in [-0.39, 0.29) is 17.4 Å². The Labute approximate surface area is 197 Å². The summed E-state index contributed by atoms with van der Waals surface area (Å²) in [4.78, 5) is 12.8. The second-order valence-corrected chi connectivity index (χ2v) is 10.4. The Kier molecular flexibility index (Phi) is 8.74. The van der Waals surface area contributed by atoms with Crippen molar-refractivity contribution in [2.75, 3.05) is 26.2 Å². The molecule has 0 bridgehead atoms. The van der Waals surface area contributed by atoms with E-state index in [0.717, 1.165) is 30.4 Å². The smallest absolute Gasteiger partial charge is 0.261 e. The van der Waals surface area contributed by atoms with Gasteiger partial charge in [0.15, 0.2) is 6.10 Å². The van der Waals surface area contributed by atoms with Crippen molar-refractivity contribution in [1.29, 1.82) is 0 Å². The van der Waals surface area contributed by atoms with Crippen molar-refractivity contribution in [3.63, 3.8) is 0 Å². The highest BCUT2D eigenvalue weighted by molar-refractivity contribution is 7.89. The number of carbonyl (C=O) groups excluding carboxylic acids is 1. The molecule has 0 radical (unpaired) electrons. The predicted molar refractivity (Wildman–Crippen MR) is 128 cm³/mol. The van der Waals surface area contributed by atoms with Gasteiger partial charge in [-0.15, -0.1) is 0 Å². The van der Waals surface area contributed by atoms with Gasteiger partial charge in [-0.2, -0.15) is 4.31 Å². The molecule has 7 nitrogen and oxygen atoms in total. The normalized spacial score (nSPS) is 15.6. The SMILES string of the molecule is CC[C@H](Oc1cc(C)cc(C)c1)C(=O)NCCOc1ccc(S(=O)(=O)N2CCCCC2)cc1. The zero-order valence-corrected chi connectivity index (χ0v) is 20.5. The lowest BCUT2D eigenvalue weighted by molar-refractivity contribution is -0.128. The number of sulfonamides is 1. The van der Waals surface area contributed by atoms with Gasteiger partial charge in [0, 0.05) is 13.1 Å². The second-order valence-electron chi connectivity index (χ2n) is 8.41. The Bertz CT molecular complexity index is 1010. The van der Waals surface area contributed by atoms with E-state index in [1.165, 1.54) is 0 Å². The van der Waals surface area contributed by atoms with Crippen molar-refractivity contribution in [3.05, 3.63) is 53.6 Å². The minimum Gasteiger partial charge on any atom is -0.492 e. The van der Waals surface area contributed by atoms with Gasteiger partial charge in [0.2, 0.25) is 10.0 Å². The van der Waals surface area contributed by atoms with Gasteiger partial charge < -0.3 is 14.8 Å². The first kappa shape index (κ1) is 25.1. The third-order valence-electron chi connectivity index (χ3n) is 5.58. The van der Waals surface area contributed by atoms with E-state index in [1.807, 2.05) is 32.9 Å². The van der Waals surface area contributed by atoms with Gasteiger partial charge in [-0.1, -0.05) is 19.4 Å². The van der Waals surface area contributed by atoms with Gasteiger partial charge in [-0.25, -0.2) is 8.42 Å². The molecule has 3 rings (SSSR count). The largest absolute Gasteiger partial charge is 0.492 e.